The van der Waals surface area contributed by atoms with Crippen LogP contribution in [0, 0.1) is 0 Å². The van der Waals surface area contributed by atoms with Crippen LogP contribution in [-0.2, 0) is 9.84 Å². The van der Waals surface area contributed by atoms with Gasteiger partial charge in [-0.15, -0.1) is 0 Å². The third kappa shape index (κ3) is 1.88. The number of nitrogens with zero attached hydrogens (tertiary/aromatic N) is 2. The number of sulfone groups is 1. The van der Waals surface area contributed by atoms with Crippen LogP contribution in [0.5, 0.6) is 0 Å². The van der Waals surface area contributed by atoms with Gasteiger partial charge in [0.25, 0.3) is 0 Å². The molecule has 0 saturated heterocycles. The summed E-state index contributed by atoms with van der Waals surface area (Å²) in [5.74, 6) is 0. The minimum absolute atomic E-state index is 0.159. The Balaban J connectivity index is 3.17. The zero-order chi connectivity index (χ0) is 9.19. The lowest BCUT2D eigenvalue weighted by atomic mass is 10.3. The molecule has 1 aromatic heterocycles. The average Bonchev–Trinajstić information content (AvgIpc) is 2.03. The van der Waals surface area contributed by atoms with E-state index in [4.69, 9.17) is 0 Å². The Kier molecular flexibility index (Phi) is 2.23. The second-order valence-corrected chi connectivity index (χ2v) is 4.18. The van der Waals surface area contributed by atoms with E-state index in [9.17, 15) is 8.42 Å². The molecule has 0 amide bonds. The molecule has 0 atom stereocenters. The molecule has 0 saturated carbocycles. The predicted molar refractivity (Wildman–Crippen MR) is 45.2 cm³/mol. The Bertz CT molecular complexity index is 380. The quantitative estimate of drug-likeness (QED) is 0.629. The van der Waals surface area contributed by atoms with Crippen molar-refractivity contribution in [3.8, 4) is 0 Å². The molecular weight excluding hydrogens is 176 g/mol. The van der Waals surface area contributed by atoms with E-state index in [-0.39, 0.29) is 5.16 Å². The first-order valence-corrected chi connectivity index (χ1v) is 5.08. The molecular formula is C7H8N2O2S. The average molecular weight is 184 g/mol. The Morgan fingerprint density at radius 1 is 1.42 bits per heavy atom. The van der Waals surface area contributed by atoms with Gasteiger partial charge >= 0.3 is 0 Å². The first-order valence-electron chi connectivity index (χ1n) is 3.18. The van der Waals surface area contributed by atoms with Gasteiger partial charge in [-0.25, -0.2) is 18.4 Å². The zero-order valence-electron chi connectivity index (χ0n) is 6.56. The molecule has 12 heavy (non-hydrogen) atoms. The van der Waals surface area contributed by atoms with E-state index in [1.807, 2.05) is 0 Å². The van der Waals surface area contributed by atoms with E-state index in [0.29, 0.717) is 5.56 Å². The first kappa shape index (κ1) is 8.86. The molecule has 5 heteroatoms. The lowest BCUT2D eigenvalue weighted by molar-refractivity contribution is 0.593. The fourth-order valence-electron chi connectivity index (χ4n) is 0.623. The standard InChI is InChI=1S/C7H8N2O2S/c1-3-6-4-8-7(9-5-6)12(2,10)11/h3-5H,1H2,2H3. The van der Waals surface area contributed by atoms with Gasteiger partial charge in [-0.1, -0.05) is 12.7 Å². The van der Waals surface area contributed by atoms with E-state index in [2.05, 4.69) is 16.5 Å². The van der Waals surface area contributed by atoms with Gasteiger partial charge in [0.2, 0.25) is 15.0 Å². The molecule has 64 valence electrons. The molecule has 4 nitrogen and oxygen atoms in total. The maximum absolute atomic E-state index is 10.9. The largest absolute Gasteiger partial charge is 0.246 e. The number of hydrogen-bond acceptors (Lipinski definition) is 4. The van der Waals surface area contributed by atoms with Crippen molar-refractivity contribution in [3.63, 3.8) is 0 Å². The summed E-state index contributed by atoms with van der Waals surface area (Å²) in [6, 6.07) is 0. The van der Waals surface area contributed by atoms with E-state index in [1.54, 1.807) is 6.08 Å². The lowest BCUT2D eigenvalue weighted by Crippen LogP contribution is -2.03. The van der Waals surface area contributed by atoms with Crippen LogP contribution >= 0.6 is 0 Å². The molecule has 0 aromatic carbocycles. The SMILES string of the molecule is C=Cc1cnc(S(C)(=O)=O)nc1. The summed E-state index contributed by atoms with van der Waals surface area (Å²) >= 11 is 0. The third-order valence-electron chi connectivity index (χ3n) is 1.22. The highest BCUT2D eigenvalue weighted by Crippen LogP contribution is 2.02. The molecule has 0 unspecified atom stereocenters. The maximum Gasteiger partial charge on any atom is 0.246 e. The molecule has 0 spiro atoms. The van der Waals surface area contributed by atoms with Crippen LogP contribution in [0.15, 0.2) is 24.1 Å². The van der Waals surface area contributed by atoms with Crippen molar-refractivity contribution in [3.05, 3.63) is 24.5 Å². The van der Waals surface area contributed by atoms with Gasteiger partial charge in [0.1, 0.15) is 0 Å². The van der Waals surface area contributed by atoms with Crippen LogP contribution in [0.2, 0.25) is 0 Å². The molecule has 1 aromatic rings. The molecule has 0 N–H and O–H groups in total. The van der Waals surface area contributed by atoms with Crippen molar-refractivity contribution in [1.29, 1.82) is 0 Å². The van der Waals surface area contributed by atoms with Crippen LogP contribution in [0.1, 0.15) is 5.56 Å². The van der Waals surface area contributed by atoms with E-state index < -0.39 is 9.84 Å². The summed E-state index contributed by atoms with van der Waals surface area (Å²) in [7, 11) is -3.28. The van der Waals surface area contributed by atoms with Gasteiger partial charge in [-0.3, -0.25) is 0 Å². The molecule has 0 aliphatic heterocycles. The monoisotopic (exact) mass is 184 g/mol. The van der Waals surface area contributed by atoms with Gasteiger partial charge in [-0.2, -0.15) is 0 Å². The molecule has 1 heterocycles. The van der Waals surface area contributed by atoms with E-state index in [0.717, 1.165) is 6.26 Å². The van der Waals surface area contributed by atoms with E-state index in [1.165, 1.54) is 12.4 Å². The van der Waals surface area contributed by atoms with Gasteiger partial charge in [0, 0.05) is 24.2 Å². The summed E-state index contributed by atoms with van der Waals surface area (Å²) in [5.41, 5.74) is 0.697. The Morgan fingerprint density at radius 3 is 2.25 bits per heavy atom. The molecule has 0 fully saturated rings. The van der Waals surface area contributed by atoms with Crippen molar-refractivity contribution in [2.45, 2.75) is 5.16 Å². The number of aromatic nitrogens is 2. The van der Waals surface area contributed by atoms with Crippen LogP contribution < -0.4 is 0 Å². The second-order valence-electron chi connectivity index (χ2n) is 2.28. The molecule has 0 aliphatic carbocycles. The van der Waals surface area contributed by atoms with Crippen molar-refractivity contribution >= 4 is 15.9 Å². The highest BCUT2D eigenvalue weighted by Gasteiger charge is 2.08. The summed E-state index contributed by atoms with van der Waals surface area (Å²) in [4.78, 5) is 7.30. The summed E-state index contributed by atoms with van der Waals surface area (Å²) in [6.07, 6.45) is 5.44. The minimum Gasteiger partial charge on any atom is -0.226 e. The van der Waals surface area contributed by atoms with Crippen LogP contribution in [0.4, 0.5) is 0 Å². The normalized spacial score (nSPS) is 11.1. The van der Waals surface area contributed by atoms with Gasteiger partial charge < -0.3 is 0 Å². The van der Waals surface area contributed by atoms with Crippen LogP contribution in [-0.4, -0.2) is 24.6 Å². The smallest absolute Gasteiger partial charge is 0.226 e. The third-order valence-corrected chi connectivity index (χ3v) is 2.09. The predicted octanol–water partition coefficient (Wildman–Crippen LogP) is 0.523. The summed E-state index contributed by atoms with van der Waals surface area (Å²) in [5, 5.41) is -0.159. The van der Waals surface area contributed by atoms with Gasteiger partial charge in [0.15, 0.2) is 0 Å². The van der Waals surface area contributed by atoms with E-state index >= 15 is 0 Å². The Hall–Kier alpha value is -1.23. The lowest BCUT2D eigenvalue weighted by Gasteiger charge is -1.95. The highest BCUT2D eigenvalue weighted by molar-refractivity contribution is 7.90. The van der Waals surface area contributed by atoms with Gasteiger partial charge in [0.05, 0.1) is 0 Å². The van der Waals surface area contributed by atoms with Crippen molar-refractivity contribution in [2.24, 2.45) is 0 Å². The summed E-state index contributed by atoms with van der Waals surface area (Å²) < 4.78 is 21.8. The van der Waals surface area contributed by atoms with Crippen molar-refractivity contribution < 1.29 is 8.42 Å². The van der Waals surface area contributed by atoms with Crippen LogP contribution in [0.3, 0.4) is 0 Å². The fourth-order valence-corrected chi connectivity index (χ4v) is 1.11. The summed E-state index contributed by atoms with van der Waals surface area (Å²) in [6.45, 7) is 3.49. The Labute approximate surface area is 70.9 Å². The molecule has 0 radical (unpaired) electrons. The van der Waals surface area contributed by atoms with Crippen molar-refractivity contribution in [2.75, 3.05) is 6.26 Å². The highest BCUT2D eigenvalue weighted by atomic mass is 32.2. The zero-order valence-corrected chi connectivity index (χ0v) is 7.37. The first-order chi connectivity index (χ1) is 5.54. The fraction of sp³-hybridized carbons (Fsp3) is 0.143. The topological polar surface area (TPSA) is 59.9 Å². The molecule has 0 aliphatic rings. The number of rotatable bonds is 2. The second kappa shape index (κ2) is 3.02. The van der Waals surface area contributed by atoms with Gasteiger partial charge in [-0.05, 0) is 0 Å². The molecule has 1 rings (SSSR count). The molecule has 0 bridgehead atoms. The Morgan fingerprint density at radius 2 is 1.92 bits per heavy atom. The number of hydrogen-bond donors (Lipinski definition) is 0. The van der Waals surface area contributed by atoms with Crippen LogP contribution in [0.25, 0.3) is 6.08 Å². The van der Waals surface area contributed by atoms with Crippen molar-refractivity contribution in [1.82, 2.24) is 9.97 Å². The maximum atomic E-state index is 10.9. The minimum atomic E-state index is -3.28.